The molecule has 2 N–H and O–H groups in total. The minimum Gasteiger partial charge on any atom is -0.366 e. The van der Waals surface area contributed by atoms with Crippen LogP contribution >= 0.6 is 23.4 Å². The maximum Gasteiger partial charge on any atom is 0.249 e. The van der Waals surface area contributed by atoms with Gasteiger partial charge in [-0.3, -0.25) is 4.79 Å². The number of hydrogen-bond donors (Lipinski definition) is 1. The number of nitriles is 1. The molecule has 1 aromatic rings. The average molecular weight is 213 g/mol. The van der Waals surface area contributed by atoms with Gasteiger partial charge in [0.2, 0.25) is 5.91 Å². The van der Waals surface area contributed by atoms with E-state index in [9.17, 15) is 4.79 Å². The third kappa shape index (κ3) is 2.38. The predicted octanol–water partition coefficient (Wildman–Crippen LogP) is 2.01. The monoisotopic (exact) mass is 212 g/mol. The first-order valence-electron chi connectivity index (χ1n) is 3.30. The molecule has 66 valence electrons. The Kier molecular flexibility index (Phi) is 3.18. The van der Waals surface area contributed by atoms with Crippen LogP contribution in [0.25, 0.3) is 0 Å². The highest BCUT2D eigenvalue weighted by molar-refractivity contribution is 8.03. The minimum absolute atomic E-state index is 0.316. The van der Waals surface area contributed by atoms with Crippen LogP contribution in [0.2, 0.25) is 5.02 Å². The van der Waals surface area contributed by atoms with Crippen molar-refractivity contribution in [3.8, 4) is 5.40 Å². The zero-order chi connectivity index (χ0) is 9.84. The first kappa shape index (κ1) is 9.90. The number of thiocyanates is 1. The highest BCUT2D eigenvalue weighted by Crippen LogP contribution is 2.24. The summed E-state index contributed by atoms with van der Waals surface area (Å²) in [7, 11) is 0. The standard InChI is InChI=1S/C8H5ClN2OS/c9-5-1-2-6(8(11)12)7(3-5)13-4-10/h1-3H,(H2,11,12). The lowest BCUT2D eigenvalue weighted by Gasteiger charge is -2.01. The Morgan fingerprint density at radius 2 is 2.31 bits per heavy atom. The van der Waals surface area contributed by atoms with Crippen LogP contribution in [0.3, 0.4) is 0 Å². The van der Waals surface area contributed by atoms with Crippen molar-refractivity contribution in [2.24, 2.45) is 5.73 Å². The molecule has 0 saturated heterocycles. The van der Waals surface area contributed by atoms with Gasteiger partial charge in [-0.25, -0.2) is 0 Å². The quantitative estimate of drug-likeness (QED) is 0.602. The van der Waals surface area contributed by atoms with E-state index in [1.165, 1.54) is 12.1 Å². The molecular formula is C8H5ClN2OS. The molecule has 13 heavy (non-hydrogen) atoms. The van der Waals surface area contributed by atoms with E-state index in [2.05, 4.69) is 0 Å². The van der Waals surface area contributed by atoms with Gasteiger partial charge in [-0.2, -0.15) is 5.26 Å². The highest BCUT2D eigenvalue weighted by Gasteiger charge is 2.08. The number of nitrogens with zero attached hydrogens (tertiary/aromatic N) is 1. The van der Waals surface area contributed by atoms with Crippen LogP contribution in [0.5, 0.6) is 0 Å². The van der Waals surface area contributed by atoms with Gasteiger partial charge in [-0.1, -0.05) is 11.6 Å². The Morgan fingerprint density at radius 1 is 1.62 bits per heavy atom. The van der Waals surface area contributed by atoms with E-state index in [0.29, 0.717) is 15.5 Å². The van der Waals surface area contributed by atoms with Crippen LogP contribution < -0.4 is 5.73 Å². The van der Waals surface area contributed by atoms with Gasteiger partial charge < -0.3 is 5.73 Å². The Morgan fingerprint density at radius 3 is 2.85 bits per heavy atom. The molecule has 1 amide bonds. The molecule has 0 saturated carbocycles. The first-order chi connectivity index (χ1) is 6.15. The fourth-order valence-electron chi connectivity index (χ4n) is 0.833. The van der Waals surface area contributed by atoms with Crippen molar-refractivity contribution < 1.29 is 4.79 Å². The summed E-state index contributed by atoms with van der Waals surface area (Å²) in [6.45, 7) is 0. The number of rotatable bonds is 2. The summed E-state index contributed by atoms with van der Waals surface area (Å²) in [6, 6.07) is 4.60. The van der Waals surface area contributed by atoms with E-state index in [1.54, 1.807) is 6.07 Å². The number of carbonyl (C=O) groups excluding carboxylic acids is 1. The van der Waals surface area contributed by atoms with Crippen LogP contribution in [0.15, 0.2) is 23.1 Å². The number of benzene rings is 1. The van der Waals surface area contributed by atoms with Crippen molar-refractivity contribution in [3.05, 3.63) is 28.8 Å². The number of hydrogen-bond acceptors (Lipinski definition) is 3. The van der Waals surface area contributed by atoms with Gasteiger partial charge in [0.1, 0.15) is 5.40 Å². The summed E-state index contributed by atoms with van der Waals surface area (Å²) in [6.07, 6.45) is 0. The van der Waals surface area contributed by atoms with Crippen molar-refractivity contribution in [2.75, 3.05) is 0 Å². The van der Waals surface area contributed by atoms with Gasteiger partial charge in [0, 0.05) is 9.92 Å². The molecule has 0 spiro atoms. The summed E-state index contributed by atoms with van der Waals surface area (Å²) in [4.78, 5) is 11.4. The van der Waals surface area contributed by atoms with Gasteiger partial charge in [0.15, 0.2) is 0 Å². The fraction of sp³-hybridized carbons (Fsp3) is 0. The van der Waals surface area contributed by atoms with Gasteiger partial charge in [-0.05, 0) is 30.0 Å². The smallest absolute Gasteiger partial charge is 0.249 e. The lowest BCUT2D eigenvalue weighted by Crippen LogP contribution is -2.11. The molecule has 0 aliphatic heterocycles. The molecule has 1 aromatic carbocycles. The van der Waals surface area contributed by atoms with E-state index in [4.69, 9.17) is 22.6 Å². The lowest BCUT2D eigenvalue weighted by molar-refractivity contribution is 0.0997. The summed E-state index contributed by atoms with van der Waals surface area (Å²) >= 11 is 6.55. The summed E-state index contributed by atoms with van der Waals surface area (Å²) in [5, 5.41) is 10.8. The molecule has 0 radical (unpaired) electrons. The maximum atomic E-state index is 10.9. The topological polar surface area (TPSA) is 66.9 Å². The largest absolute Gasteiger partial charge is 0.366 e. The molecule has 5 heteroatoms. The van der Waals surface area contributed by atoms with E-state index >= 15 is 0 Å². The number of halogens is 1. The molecule has 1 rings (SSSR count). The second kappa shape index (κ2) is 4.17. The molecule has 0 unspecified atom stereocenters. The Hall–Kier alpha value is -1.18. The molecule has 3 nitrogen and oxygen atoms in total. The van der Waals surface area contributed by atoms with Crippen LogP contribution in [-0.4, -0.2) is 5.91 Å². The zero-order valence-electron chi connectivity index (χ0n) is 6.45. The number of primary amides is 1. The minimum atomic E-state index is -0.561. The molecule has 0 aromatic heterocycles. The number of nitrogens with two attached hydrogens (primary N) is 1. The van der Waals surface area contributed by atoms with Crippen LogP contribution in [-0.2, 0) is 0 Å². The number of carbonyl (C=O) groups is 1. The van der Waals surface area contributed by atoms with E-state index in [-0.39, 0.29) is 0 Å². The van der Waals surface area contributed by atoms with Crippen LogP contribution in [0.4, 0.5) is 0 Å². The second-order valence-electron chi connectivity index (χ2n) is 2.20. The maximum absolute atomic E-state index is 10.9. The Balaban J connectivity index is 3.20. The fourth-order valence-corrected chi connectivity index (χ4v) is 1.63. The van der Waals surface area contributed by atoms with E-state index < -0.39 is 5.91 Å². The average Bonchev–Trinajstić information content (AvgIpc) is 2.04. The van der Waals surface area contributed by atoms with Crippen molar-refractivity contribution in [3.63, 3.8) is 0 Å². The van der Waals surface area contributed by atoms with Crippen LogP contribution in [0, 0.1) is 10.7 Å². The van der Waals surface area contributed by atoms with Crippen molar-refractivity contribution >= 4 is 29.3 Å². The van der Waals surface area contributed by atoms with Gasteiger partial charge in [-0.15, -0.1) is 0 Å². The SMILES string of the molecule is N#CSc1cc(Cl)ccc1C(N)=O. The molecule has 0 atom stereocenters. The lowest BCUT2D eigenvalue weighted by atomic mass is 10.2. The van der Waals surface area contributed by atoms with Gasteiger partial charge >= 0.3 is 0 Å². The highest BCUT2D eigenvalue weighted by atomic mass is 35.5. The van der Waals surface area contributed by atoms with Crippen molar-refractivity contribution in [1.82, 2.24) is 0 Å². The molecule has 0 aliphatic rings. The summed E-state index contributed by atoms with van der Waals surface area (Å²) in [5.41, 5.74) is 5.41. The van der Waals surface area contributed by atoms with E-state index in [0.717, 1.165) is 11.8 Å². The Bertz CT molecular complexity index is 386. The zero-order valence-corrected chi connectivity index (χ0v) is 8.02. The molecule has 0 fully saturated rings. The Labute approximate surface area is 84.5 Å². The van der Waals surface area contributed by atoms with Gasteiger partial charge in [0.05, 0.1) is 5.56 Å². The number of amides is 1. The third-order valence-electron chi connectivity index (χ3n) is 1.36. The predicted molar refractivity (Wildman–Crippen MR) is 51.4 cm³/mol. The summed E-state index contributed by atoms with van der Waals surface area (Å²) in [5.74, 6) is -0.561. The molecule has 0 heterocycles. The molecule has 0 bridgehead atoms. The number of thioether (sulfide) groups is 1. The van der Waals surface area contributed by atoms with Crippen molar-refractivity contribution in [1.29, 1.82) is 5.26 Å². The van der Waals surface area contributed by atoms with E-state index in [1.807, 2.05) is 5.40 Å². The van der Waals surface area contributed by atoms with Gasteiger partial charge in [0.25, 0.3) is 0 Å². The molecular weight excluding hydrogens is 208 g/mol. The van der Waals surface area contributed by atoms with Crippen molar-refractivity contribution in [2.45, 2.75) is 4.90 Å². The first-order valence-corrected chi connectivity index (χ1v) is 4.50. The normalized spacial score (nSPS) is 9.23. The van der Waals surface area contributed by atoms with Crippen LogP contribution in [0.1, 0.15) is 10.4 Å². The molecule has 0 aliphatic carbocycles. The summed E-state index contributed by atoms with van der Waals surface area (Å²) < 4.78 is 0. The third-order valence-corrected chi connectivity index (χ3v) is 2.25. The second-order valence-corrected chi connectivity index (χ2v) is 3.46.